The normalized spacial score (nSPS) is 17.6. The van der Waals surface area contributed by atoms with Gasteiger partial charge in [-0.25, -0.2) is 0 Å². The molecule has 1 aliphatic rings. The largest absolute Gasteiger partial charge is 0.306 e. The van der Waals surface area contributed by atoms with Crippen LogP contribution in [0.15, 0.2) is 54.6 Å². The van der Waals surface area contributed by atoms with Gasteiger partial charge < -0.3 is 4.57 Å². The Morgan fingerprint density at radius 1 is 1.00 bits per heavy atom. The van der Waals surface area contributed by atoms with Gasteiger partial charge in [-0.2, -0.15) is 0 Å². The number of fused-ring (bicyclic) bond motifs is 3. The van der Waals surface area contributed by atoms with E-state index in [0.717, 1.165) is 23.3 Å². The molecule has 2 nitrogen and oxygen atoms in total. The summed E-state index contributed by atoms with van der Waals surface area (Å²) in [6.07, 6.45) is 0.856. The molecular formula is C18H15NO. The SMILES string of the molecule is CC1Cc2c(n(-c3ccccc3)c3ccccc23)C1=O. The predicted octanol–water partition coefficient (Wildman–Crippen LogP) is 4.01. The Balaban J connectivity index is 2.13. The molecule has 1 atom stereocenters. The smallest absolute Gasteiger partial charge is 0.183 e. The van der Waals surface area contributed by atoms with E-state index < -0.39 is 0 Å². The van der Waals surface area contributed by atoms with Crippen LogP contribution >= 0.6 is 0 Å². The fourth-order valence-electron chi connectivity index (χ4n) is 3.25. The monoisotopic (exact) mass is 261 g/mol. The third-order valence-electron chi connectivity index (χ3n) is 4.19. The summed E-state index contributed by atoms with van der Waals surface area (Å²) in [5, 5.41) is 1.21. The number of ketones is 1. The molecule has 0 saturated heterocycles. The van der Waals surface area contributed by atoms with Gasteiger partial charge in [-0.15, -0.1) is 0 Å². The number of para-hydroxylation sites is 2. The van der Waals surface area contributed by atoms with E-state index in [-0.39, 0.29) is 11.7 Å². The zero-order chi connectivity index (χ0) is 13.7. The lowest BCUT2D eigenvalue weighted by molar-refractivity contribution is 0.0940. The molecule has 20 heavy (non-hydrogen) atoms. The zero-order valence-electron chi connectivity index (χ0n) is 11.3. The van der Waals surface area contributed by atoms with Crippen LogP contribution in [0.4, 0.5) is 0 Å². The molecule has 1 unspecified atom stereocenters. The predicted molar refractivity (Wildman–Crippen MR) is 80.5 cm³/mol. The minimum absolute atomic E-state index is 0.0968. The lowest BCUT2D eigenvalue weighted by Crippen LogP contribution is -2.10. The number of hydrogen-bond acceptors (Lipinski definition) is 1. The highest BCUT2D eigenvalue weighted by Crippen LogP contribution is 2.37. The van der Waals surface area contributed by atoms with Crippen molar-refractivity contribution in [2.24, 2.45) is 5.92 Å². The minimum Gasteiger partial charge on any atom is -0.306 e. The zero-order valence-corrected chi connectivity index (χ0v) is 11.3. The van der Waals surface area contributed by atoms with Crippen LogP contribution in [-0.4, -0.2) is 10.4 Å². The summed E-state index contributed by atoms with van der Waals surface area (Å²) in [6, 6.07) is 18.4. The summed E-state index contributed by atoms with van der Waals surface area (Å²) in [7, 11) is 0. The third kappa shape index (κ3) is 1.42. The summed E-state index contributed by atoms with van der Waals surface area (Å²) >= 11 is 0. The number of nitrogens with zero attached hydrogens (tertiary/aromatic N) is 1. The molecule has 1 aliphatic carbocycles. The van der Waals surface area contributed by atoms with E-state index in [4.69, 9.17) is 0 Å². The first kappa shape index (κ1) is 11.5. The van der Waals surface area contributed by atoms with Crippen molar-refractivity contribution in [3.05, 3.63) is 65.9 Å². The number of carbonyl (C=O) groups is 1. The quantitative estimate of drug-likeness (QED) is 0.649. The molecule has 3 aromatic rings. The number of Topliss-reactive ketones (excluding diaryl/α,β-unsaturated/α-hetero) is 1. The Hall–Kier alpha value is -2.35. The van der Waals surface area contributed by atoms with Crippen LogP contribution in [0.25, 0.3) is 16.6 Å². The van der Waals surface area contributed by atoms with Gasteiger partial charge in [0.05, 0.1) is 11.2 Å². The molecule has 0 amide bonds. The maximum absolute atomic E-state index is 12.5. The van der Waals surface area contributed by atoms with Crippen LogP contribution in [0, 0.1) is 5.92 Å². The molecule has 0 radical (unpaired) electrons. The standard InChI is InChI=1S/C18H15NO/c1-12-11-15-14-9-5-6-10-16(14)19(17(15)18(12)20)13-7-3-2-4-8-13/h2-10,12H,11H2,1H3. The van der Waals surface area contributed by atoms with Crippen LogP contribution in [-0.2, 0) is 6.42 Å². The summed E-state index contributed by atoms with van der Waals surface area (Å²) in [6.45, 7) is 2.02. The van der Waals surface area contributed by atoms with Gasteiger partial charge in [-0.1, -0.05) is 43.3 Å². The minimum atomic E-state index is 0.0968. The second-order valence-electron chi connectivity index (χ2n) is 5.48. The number of benzene rings is 2. The van der Waals surface area contributed by atoms with Crippen LogP contribution in [0.5, 0.6) is 0 Å². The molecule has 2 aromatic carbocycles. The lowest BCUT2D eigenvalue weighted by atomic mass is 10.1. The lowest BCUT2D eigenvalue weighted by Gasteiger charge is -2.09. The number of rotatable bonds is 1. The van der Waals surface area contributed by atoms with Crippen LogP contribution in [0.3, 0.4) is 0 Å². The number of aromatic nitrogens is 1. The molecule has 2 heteroatoms. The van der Waals surface area contributed by atoms with Gasteiger partial charge in [-0.05, 0) is 30.2 Å². The topological polar surface area (TPSA) is 22.0 Å². The first-order valence-corrected chi connectivity index (χ1v) is 6.99. The first-order chi connectivity index (χ1) is 9.77. The maximum Gasteiger partial charge on any atom is 0.183 e. The van der Waals surface area contributed by atoms with E-state index in [0.29, 0.717) is 0 Å². The molecular weight excluding hydrogens is 246 g/mol. The van der Waals surface area contributed by atoms with Crippen molar-refractivity contribution >= 4 is 16.7 Å². The molecule has 98 valence electrons. The van der Waals surface area contributed by atoms with Crippen LogP contribution in [0.1, 0.15) is 23.0 Å². The van der Waals surface area contributed by atoms with Crippen molar-refractivity contribution in [1.29, 1.82) is 0 Å². The van der Waals surface area contributed by atoms with E-state index in [9.17, 15) is 4.79 Å². The van der Waals surface area contributed by atoms with Crippen LogP contribution in [0.2, 0.25) is 0 Å². The molecule has 0 bridgehead atoms. The van der Waals surface area contributed by atoms with Crippen molar-refractivity contribution in [1.82, 2.24) is 4.57 Å². The van der Waals surface area contributed by atoms with Crippen molar-refractivity contribution in [3.8, 4) is 5.69 Å². The van der Waals surface area contributed by atoms with Gasteiger partial charge in [0, 0.05) is 17.0 Å². The molecule has 1 aromatic heterocycles. The third-order valence-corrected chi connectivity index (χ3v) is 4.19. The average Bonchev–Trinajstić information content (AvgIpc) is 2.96. The summed E-state index contributed by atoms with van der Waals surface area (Å²) in [4.78, 5) is 12.5. The Morgan fingerprint density at radius 3 is 2.50 bits per heavy atom. The number of carbonyl (C=O) groups excluding carboxylic acids is 1. The molecule has 0 fully saturated rings. The van der Waals surface area contributed by atoms with E-state index >= 15 is 0 Å². The average molecular weight is 261 g/mol. The van der Waals surface area contributed by atoms with Crippen molar-refractivity contribution in [2.45, 2.75) is 13.3 Å². The highest BCUT2D eigenvalue weighted by molar-refractivity contribution is 6.08. The van der Waals surface area contributed by atoms with E-state index in [1.54, 1.807) is 0 Å². The summed E-state index contributed by atoms with van der Waals surface area (Å²) in [5.41, 5.74) is 4.28. The first-order valence-electron chi connectivity index (χ1n) is 6.99. The van der Waals surface area contributed by atoms with Crippen LogP contribution < -0.4 is 0 Å². The van der Waals surface area contributed by atoms with E-state index in [2.05, 4.69) is 28.8 Å². The van der Waals surface area contributed by atoms with Gasteiger partial charge >= 0.3 is 0 Å². The maximum atomic E-state index is 12.5. The summed E-state index contributed by atoms with van der Waals surface area (Å²) in [5.74, 6) is 0.361. The van der Waals surface area contributed by atoms with Gasteiger partial charge in [0.2, 0.25) is 0 Å². The highest BCUT2D eigenvalue weighted by Gasteiger charge is 2.33. The van der Waals surface area contributed by atoms with Gasteiger partial charge in [0.15, 0.2) is 5.78 Å². The molecule has 0 N–H and O–H groups in total. The van der Waals surface area contributed by atoms with E-state index in [1.165, 1.54) is 10.9 Å². The Bertz CT molecular complexity index is 814. The molecule has 0 aliphatic heterocycles. The van der Waals surface area contributed by atoms with Crippen molar-refractivity contribution in [2.75, 3.05) is 0 Å². The Kier molecular flexibility index (Phi) is 2.34. The number of hydrogen-bond donors (Lipinski definition) is 0. The van der Waals surface area contributed by atoms with Gasteiger partial charge in [0.1, 0.15) is 0 Å². The summed E-state index contributed by atoms with van der Waals surface area (Å²) < 4.78 is 2.12. The van der Waals surface area contributed by atoms with Crippen molar-refractivity contribution < 1.29 is 4.79 Å². The van der Waals surface area contributed by atoms with E-state index in [1.807, 2.05) is 37.3 Å². The van der Waals surface area contributed by atoms with Gasteiger partial charge in [0.25, 0.3) is 0 Å². The molecule has 4 rings (SSSR count). The highest BCUT2D eigenvalue weighted by atomic mass is 16.1. The second kappa shape index (κ2) is 4.07. The van der Waals surface area contributed by atoms with Crippen molar-refractivity contribution in [3.63, 3.8) is 0 Å². The molecule has 0 spiro atoms. The molecule has 0 saturated carbocycles. The fraction of sp³-hybridized carbons (Fsp3) is 0.167. The molecule has 1 heterocycles. The van der Waals surface area contributed by atoms with Gasteiger partial charge in [-0.3, -0.25) is 4.79 Å². The Morgan fingerprint density at radius 2 is 1.70 bits per heavy atom. The fourth-order valence-corrected chi connectivity index (χ4v) is 3.25. The second-order valence-corrected chi connectivity index (χ2v) is 5.48. The Labute approximate surface area is 117 Å².